The third-order valence-electron chi connectivity index (χ3n) is 12.7. The first-order chi connectivity index (χ1) is 34.5. The number of nitrogens with zero attached hydrogens (tertiary/aromatic N) is 6. The van der Waals surface area contributed by atoms with Crippen molar-refractivity contribution in [3.05, 3.63) is 88.3 Å². The van der Waals surface area contributed by atoms with Crippen molar-refractivity contribution in [2.45, 2.75) is 102 Å². The van der Waals surface area contributed by atoms with Crippen LogP contribution in [0.2, 0.25) is 0 Å². The number of aryl methyl sites for hydroxylation is 2. The molecule has 4 fully saturated rings. The molecule has 2 aromatic carbocycles. The molecule has 4 aliphatic rings. The Kier molecular flexibility index (Phi) is 15.9. The quantitative estimate of drug-likeness (QED) is 0.0973. The number of benzene rings is 2. The number of carbonyl (C=O) groups is 6. The van der Waals surface area contributed by atoms with Crippen LogP contribution < -0.4 is 10.6 Å². The lowest BCUT2D eigenvalue weighted by Crippen LogP contribution is -2.55. The molecule has 6 amide bonds. The minimum atomic E-state index is -4.89. The molecule has 388 valence electrons. The fourth-order valence-corrected chi connectivity index (χ4v) is 12.6. The van der Waals surface area contributed by atoms with Gasteiger partial charge in [-0.05, 0) is 107 Å². The molecule has 2 atom stereocenters. The first-order valence-electron chi connectivity index (χ1n) is 23.4. The lowest BCUT2D eigenvalue weighted by Gasteiger charge is -2.39. The van der Waals surface area contributed by atoms with Gasteiger partial charge in [0.25, 0.3) is 11.8 Å². The number of anilines is 2. The second-order valence-electron chi connectivity index (χ2n) is 18.4. The van der Waals surface area contributed by atoms with E-state index in [0.717, 1.165) is 65.9 Å². The van der Waals surface area contributed by atoms with E-state index in [9.17, 15) is 55.1 Å². The Morgan fingerprint density at radius 3 is 1.74 bits per heavy atom. The van der Waals surface area contributed by atoms with Gasteiger partial charge in [-0.25, -0.2) is 9.97 Å². The third-order valence-corrected chi connectivity index (χ3v) is 17.3. The highest BCUT2D eigenvalue weighted by Crippen LogP contribution is 2.45. The summed E-state index contributed by atoms with van der Waals surface area (Å²) in [7, 11) is 0. The van der Waals surface area contributed by atoms with Crippen molar-refractivity contribution in [3.8, 4) is 0 Å². The predicted octanol–water partition coefficient (Wildman–Crippen LogP) is 9.89. The molecule has 2 N–H and O–H groups in total. The van der Waals surface area contributed by atoms with Crippen molar-refractivity contribution in [3.63, 3.8) is 0 Å². The molecule has 0 spiro atoms. The molecule has 2 saturated heterocycles. The zero-order valence-corrected chi connectivity index (χ0v) is 43.2. The zero-order valence-electron chi connectivity index (χ0n) is 39.9. The lowest BCUT2D eigenvalue weighted by atomic mass is 10.0. The van der Waals surface area contributed by atoms with Gasteiger partial charge in [0, 0.05) is 79.1 Å². The molecule has 0 radical (unpaired) electrons. The van der Waals surface area contributed by atoms with Gasteiger partial charge in [-0.15, -0.1) is 0 Å². The number of rotatable bonds is 13. The van der Waals surface area contributed by atoms with E-state index in [-0.39, 0.29) is 95.7 Å². The third kappa shape index (κ3) is 12.6. The molecule has 0 bridgehead atoms. The fourth-order valence-electron chi connectivity index (χ4n) is 8.49. The van der Waals surface area contributed by atoms with Gasteiger partial charge in [0.2, 0.25) is 23.6 Å². The largest absolute Gasteiger partial charge is 0.417 e. The number of alkyl halides is 6. The summed E-state index contributed by atoms with van der Waals surface area (Å²) in [4.78, 5) is 94.5. The Morgan fingerprint density at radius 1 is 0.699 bits per heavy atom. The highest BCUT2D eigenvalue weighted by atomic mass is 32.2. The molecule has 2 saturated carbocycles. The van der Waals surface area contributed by atoms with Crippen LogP contribution in [-0.2, 0) is 31.5 Å². The van der Waals surface area contributed by atoms with Crippen molar-refractivity contribution in [1.82, 2.24) is 29.6 Å². The molecule has 8 rings (SSSR count). The van der Waals surface area contributed by atoms with Crippen LogP contribution in [0.25, 0.3) is 6.08 Å². The van der Waals surface area contributed by atoms with Crippen molar-refractivity contribution >= 4 is 98.0 Å². The number of piperazine rings is 1. The first-order valence-corrected chi connectivity index (χ1v) is 26.6. The molecule has 2 aromatic heterocycles. The summed E-state index contributed by atoms with van der Waals surface area (Å²) in [5.41, 5.74) is -2.69. The van der Waals surface area contributed by atoms with Crippen LogP contribution in [0.1, 0.15) is 94.6 Å². The maximum atomic E-state index is 14.6. The summed E-state index contributed by atoms with van der Waals surface area (Å²) in [5.74, 6) is -3.25. The SMILES string of the molecule is C=CC(=O)N1CCCN(C(=O)c2cc(Sc3sc(NC(=O)C4CC4)nc3C=CC(=O)N3CCN(C(=O)c4cc(Sc5cnc(NC(=O)C6CC6)s5)c(C)cc4C(F)(F)F)C[C@H]3C)c(C)cc2C(F)(F)F)C[C@H]1C. The summed E-state index contributed by atoms with van der Waals surface area (Å²) < 4.78 is 88.4. The minimum Gasteiger partial charge on any atom is -0.337 e. The van der Waals surface area contributed by atoms with Gasteiger partial charge < -0.3 is 30.2 Å². The number of hydrogen-bond acceptors (Lipinski definition) is 12. The first kappa shape index (κ1) is 53.6. The normalized spacial score (nSPS) is 18.7. The van der Waals surface area contributed by atoms with Gasteiger partial charge in [-0.2, -0.15) is 26.3 Å². The number of carbonyl (C=O) groups excluding carboxylic acids is 6. The molecule has 14 nitrogen and oxygen atoms in total. The zero-order chi connectivity index (χ0) is 52.7. The number of nitrogens with one attached hydrogen (secondary N) is 2. The molecule has 73 heavy (non-hydrogen) atoms. The van der Waals surface area contributed by atoms with Crippen molar-refractivity contribution < 1.29 is 55.1 Å². The van der Waals surface area contributed by atoms with Crippen molar-refractivity contribution in [2.24, 2.45) is 11.8 Å². The van der Waals surface area contributed by atoms with E-state index in [2.05, 4.69) is 27.2 Å². The summed E-state index contributed by atoms with van der Waals surface area (Å²) in [5, 5.41) is 6.07. The predicted molar refractivity (Wildman–Crippen MR) is 266 cm³/mol. The molecule has 0 unspecified atom stereocenters. The molecule has 2 aliphatic carbocycles. The average molecular weight is 1090 g/mol. The molecular formula is C49H50F6N8O6S4. The van der Waals surface area contributed by atoms with E-state index in [1.54, 1.807) is 13.8 Å². The molecule has 2 aliphatic heterocycles. The molecule has 24 heteroatoms. The van der Waals surface area contributed by atoms with Gasteiger partial charge >= 0.3 is 12.4 Å². The van der Waals surface area contributed by atoms with Crippen LogP contribution in [0.5, 0.6) is 0 Å². The van der Waals surface area contributed by atoms with E-state index < -0.39 is 64.4 Å². The number of amides is 6. The Labute approximate surface area is 433 Å². The number of halogens is 6. The van der Waals surface area contributed by atoms with E-state index in [0.29, 0.717) is 37.7 Å². The Hall–Kier alpha value is -5.72. The van der Waals surface area contributed by atoms with Crippen LogP contribution in [0, 0.1) is 25.7 Å². The number of aromatic nitrogens is 2. The summed E-state index contributed by atoms with van der Waals surface area (Å²) in [6, 6.07) is 3.08. The second-order valence-corrected chi connectivity index (χ2v) is 23.1. The van der Waals surface area contributed by atoms with Crippen LogP contribution in [-0.4, -0.2) is 116 Å². The number of hydrogen-bond donors (Lipinski definition) is 2. The topological polar surface area (TPSA) is 165 Å². The highest BCUT2D eigenvalue weighted by Gasteiger charge is 2.41. The minimum absolute atomic E-state index is 0.0103. The van der Waals surface area contributed by atoms with Gasteiger partial charge in [0.05, 0.1) is 42.6 Å². The van der Waals surface area contributed by atoms with Crippen molar-refractivity contribution in [2.75, 3.05) is 49.9 Å². The van der Waals surface area contributed by atoms with E-state index in [1.165, 1.54) is 75.3 Å². The Morgan fingerprint density at radius 2 is 1.22 bits per heavy atom. The standard InChI is InChI=1S/C49H50F6N8O6S4/c1-6-38(64)62-15-7-14-60(23-27(62)4)43(68)32-21-37(26(3)19-34(32)49(53,54)55)71-45-35(57-47(73-45)59-42(67)30-10-11-30)12-13-39(65)63-17-16-61(24-28(63)5)44(69)31-20-36(25(2)18-33(31)48(50,51)52)70-40-22-56-46(72-40)58-41(66)29-8-9-29/h6,12-13,18-22,27-30H,1,7-11,14-17,23-24H2,2-5H3,(H,56,58,66)(H,57,59,67)/t27-,28-/m1/s1. The Bertz CT molecular complexity index is 2900. The molecule has 4 heterocycles. The maximum absolute atomic E-state index is 14.6. The molecular weight excluding hydrogens is 1040 g/mol. The van der Waals surface area contributed by atoms with Crippen LogP contribution in [0.3, 0.4) is 0 Å². The summed E-state index contributed by atoms with van der Waals surface area (Å²) in [6.45, 7) is 10.0. The van der Waals surface area contributed by atoms with E-state index in [4.69, 9.17) is 0 Å². The Balaban J connectivity index is 0.998. The summed E-state index contributed by atoms with van der Waals surface area (Å²) >= 11 is 4.33. The maximum Gasteiger partial charge on any atom is 0.417 e. The van der Waals surface area contributed by atoms with Crippen LogP contribution in [0.15, 0.2) is 67.4 Å². The second kappa shape index (κ2) is 21.6. The van der Waals surface area contributed by atoms with Crippen molar-refractivity contribution in [1.29, 1.82) is 0 Å². The molecule has 4 aromatic rings. The smallest absolute Gasteiger partial charge is 0.337 e. The van der Waals surface area contributed by atoms with E-state index >= 15 is 0 Å². The monoisotopic (exact) mass is 1090 g/mol. The fraction of sp³-hybridized carbons (Fsp3) is 0.429. The van der Waals surface area contributed by atoms with E-state index in [1.807, 2.05) is 0 Å². The average Bonchev–Trinajstić information content (AvgIpc) is 4.28. The van der Waals surface area contributed by atoms with Crippen LogP contribution >= 0.6 is 46.2 Å². The van der Waals surface area contributed by atoms with Gasteiger partial charge in [0.1, 0.15) is 0 Å². The lowest BCUT2D eigenvalue weighted by molar-refractivity contribution is -0.138. The van der Waals surface area contributed by atoms with Gasteiger partial charge in [-0.1, -0.05) is 52.8 Å². The highest BCUT2D eigenvalue weighted by molar-refractivity contribution is 8.01. The summed E-state index contributed by atoms with van der Waals surface area (Å²) in [6.07, 6.45) is -1.15. The van der Waals surface area contributed by atoms with Gasteiger partial charge in [0.15, 0.2) is 10.3 Å². The van der Waals surface area contributed by atoms with Gasteiger partial charge in [-0.3, -0.25) is 28.8 Å². The van der Waals surface area contributed by atoms with Crippen LogP contribution in [0.4, 0.5) is 36.6 Å². The number of thiazole rings is 2.